The summed E-state index contributed by atoms with van der Waals surface area (Å²) in [6, 6.07) is 12.0. The summed E-state index contributed by atoms with van der Waals surface area (Å²) < 4.78 is 5.88. The Labute approximate surface area is 129 Å². The third-order valence-electron chi connectivity index (χ3n) is 4.07. The van der Waals surface area contributed by atoms with E-state index >= 15 is 0 Å². The van der Waals surface area contributed by atoms with Gasteiger partial charge in [0, 0.05) is 24.1 Å². The summed E-state index contributed by atoms with van der Waals surface area (Å²) >= 11 is 0. The van der Waals surface area contributed by atoms with E-state index in [2.05, 4.69) is 11.1 Å². The molecule has 1 N–H and O–H groups in total. The quantitative estimate of drug-likeness (QED) is 0.926. The second-order valence-electron chi connectivity index (χ2n) is 6.26. The Morgan fingerprint density at radius 2 is 2.00 bits per heavy atom. The van der Waals surface area contributed by atoms with Crippen molar-refractivity contribution in [1.82, 2.24) is 4.98 Å². The van der Waals surface area contributed by atoms with Crippen LogP contribution in [0.15, 0.2) is 35.1 Å². The highest BCUT2D eigenvalue weighted by atomic mass is 16.5. The second-order valence-corrected chi connectivity index (χ2v) is 6.26. The third kappa shape index (κ3) is 2.68. The molecule has 1 aliphatic heterocycles. The zero-order chi connectivity index (χ0) is 15.7. The molecule has 2 aromatic rings. The van der Waals surface area contributed by atoms with Gasteiger partial charge in [-0.15, -0.1) is 0 Å². The lowest BCUT2D eigenvalue weighted by Gasteiger charge is -2.33. The number of fused-ring (bicyclic) bond motifs is 1. The van der Waals surface area contributed by atoms with Gasteiger partial charge in [-0.3, -0.25) is 4.79 Å². The molecule has 0 amide bonds. The number of nitrogens with zero attached hydrogens (tertiary/aromatic N) is 1. The number of aromatic amines is 1. The molecule has 1 aliphatic rings. The van der Waals surface area contributed by atoms with Crippen molar-refractivity contribution in [3.8, 4) is 6.07 Å². The van der Waals surface area contributed by atoms with Gasteiger partial charge in [0.1, 0.15) is 11.6 Å². The summed E-state index contributed by atoms with van der Waals surface area (Å²) in [5.41, 5.74) is 3.34. The number of hydrogen-bond donors (Lipinski definition) is 1. The highest BCUT2D eigenvalue weighted by Crippen LogP contribution is 2.30. The monoisotopic (exact) mass is 294 g/mol. The molecule has 1 aromatic carbocycles. The maximum atomic E-state index is 12.2. The molecular formula is C18H18N2O2. The van der Waals surface area contributed by atoms with Crippen LogP contribution in [-0.2, 0) is 24.2 Å². The predicted octanol–water partition coefficient (Wildman–Crippen LogP) is 2.69. The molecule has 0 fully saturated rings. The van der Waals surface area contributed by atoms with Gasteiger partial charge in [-0.1, -0.05) is 30.3 Å². The van der Waals surface area contributed by atoms with E-state index in [0.717, 1.165) is 22.4 Å². The fraction of sp³-hybridized carbons (Fsp3) is 0.333. The van der Waals surface area contributed by atoms with Gasteiger partial charge in [-0.2, -0.15) is 5.26 Å². The standard InChI is InChI=1S/C18H18N2O2/c1-18(2)9-13-14(10-19)17(21)20-16(15(13)11-22-18)8-12-6-4-3-5-7-12/h3-7H,8-9,11H2,1-2H3,(H,20,21). The van der Waals surface area contributed by atoms with Crippen LogP contribution in [-0.4, -0.2) is 10.6 Å². The van der Waals surface area contributed by atoms with Crippen LogP contribution in [0.2, 0.25) is 0 Å². The van der Waals surface area contributed by atoms with Crippen molar-refractivity contribution in [3.05, 3.63) is 68.6 Å². The minimum Gasteiger partial charge on any atom is -0.370 e. The van der Waals surface area contributed by atoms with Crippen LogP contribution in [0.25, 0.3) is 0 Å². The maximum Gasteiger partial charge on any atom is 0.266 e. The first-order valence-corrected chi connectivity index (χ1v) is 7.35. The molecular weight excluding hydrogens is 276 g/mol. The van der Waals surface area contributed by atoms with Crippen LogP contribution >= 0.6 is 0 Å². The molecule has 2 heterocycles. The number of rotatable bonds is 2. The average Bonchev–Trinajstić information content (AvgIpc) is 2.47. The van der Waals surface area contributed by atoms with Crippen LogP contribution in [0.5, 0.6) is 0 Å². The first-order chi connectivity index (χ1) is 10.5. The van der Waals surface area contributed by atoms with Gasteiger partial charge in [0.2, 0.25) is 0 Å². The van der Waals surface area contributed by atoms with Gasteiger partial charge in [0.15, 0.2) is 0 Å². The lowest BCUT2D eigenvalue weighted by molar-refractivity contribution is -0.0407. The minimum atomic E-state index is -0.351. The summed E-state index contributed by atoms with van der Waals surface area (Å²) in [4.78, 5) is 15.1. The van der Waals surface area contributed by atoms with Gasteiger partial charge in [-0.05, 0) is 25.0 Å². The Bertz CT molecular complexity index is 798. The number of pyridine rings is 1. The molecule has 112 valence electrons. The van der Waals surface area contributed by atoms with Crippen molar-refractivity contribution in [2.45, 2.75) is 38.9 Å². The van der Waals surface area contributed by atoms with Crippen LogP contribution in [0, 0.1) is 11.3 Å². The number of benzene rings is 1. The highest BCUT2D eigenvalue weighted by molar-refractivity contribution is 5.46. The van der Waals surface area contributed by atoms with E-state index < -0.39 is 0 Å². The molecule has 4 nitrogen and oxygen atoms in total. The number of hydrogen-bond acceptors (Lipinski definition) is 3. The molecule has 0 spiro atoms. The van der Waals surface area contributed by atoms with Crippen molar-refractivity contribution in [2.24, 2.45) is 0 Å². The molecule has 22 heavy (non-hydrogen) atoms. The van der Waals surface area contributed by atoms with Gasteiger partial charge in [0.05, 0.1) is 12.2 Å². The zero-order valence-electron chi connectivity index (χ0n) is 12.8. The zero-order valence-corrected chi connectivity index (χ0v) is 12.8. The molecule has 0 bridgehead atoms. The SMILES string of the molecule is CC1(C)Cc2c(c(Cc3ccccc3)[nH]c(=O)c2C#N)CO1. The number of ether oxygens (including phenoxy) is 1. The Hall–Kier alpha value is -2.38. The molecule has 0 unspecified atom stereocenters. The Kier molecular flexibility index (Phi) is 3.59. The predicted molar refractivity (Wildman–Crippen MR) is 83.6 cm³/mol. The number of aromatic nitrogens is 1. The van der Waals surface area contributed by atoms with Crippen LogP contribution in [0.4, 0.5) is 0 Å². The van der Waals surface area contributed by atoms with E-state index in [0.29, 0.717) is 19.4 Å². The van der Waals surface area contributed by atoms with E-state index in [9.17, 15) is 10.1 Å². The summed E-state index contributed by atoms with van der Waals surface area (Å²) in [5, 5.41) is 9.31. The summed E-state index contributed by atoms with van der Waals surface area (Å²) in [7, 11) is 0. The minimum absolute atomic E-state index is 0.225. The molecule has 0 saturated carbocycles. The first-order valence-electron chi connectivity index (χ1n) is 7.35. The van der Waals surface area contributed by atoms with E-state index in [-0.39, 0.29) is 16.7 Å². The van der Waals surface area contributed by atoms with Crippen molar-refractivity contribution in [3.63, 3.8) is 0 Å². The highest BCUT2D eigenvalue weighted by Gasteiger charge is 2.30. The topological polar surface area (TPSA) is 65.9 Å². The number of nitriles is 1. The smallest absolute Gasteiger partial charge is 0.266 e. The van der Waals surface area contributed by atoms with Gasteiger partial charge in [-0.25, -0.2) is 0 Å². The second kappa shape index (κ2) is 5.43. The molecule has 3 rings (SSSR count). The summed E-state index contributed by atoms with van der Waals surface area (Å²) in [6.07, 6.45) is 1.21. The van der Waals surface area contributed by atoms with Crippen molar-refractivity contribution >= 4 is 0 Å². The van der Waals surface area contributed by atoms with Gasteiger partial charge in [0.25, 0.3) is 5.56 Å². The number of H-pyrrole nitrogens is 1. The Morgan fingerprint density at radius 1 is 1.27 bits per heavy atom. The Balaban J connectivity index is 2.12. The fourth-order valence-corrected chi connectivity index (χ4v) is 2.93. The van der Waals surface area contributed by atoms with Crippen molar-refractivity contribution in [2.75, 3.05) is 0 Å². The van der Waals surface area contributed by atoms with E-state index in [1.54, 1.807) is 0 Å². The fourth-order valence-electron chi connectivity index (χ4n) is 2.93. The lowest BCUT2D eigenvalue weighted by atomic mass is 9.87. The van der Waals surface area contributed by atoms with Gasteiger partial charge >= 0.3 is 0 Å². The maximum absolute atomic E-state index is 12.2. The van der Waals surface area contributed by atoms with Crippen molar-refractivity contribution in [1.29, 1.82) is 5.26 Å². The first kappa shape index (κ1) is 14.6. The molecule has 0 saturated heterocycles. The summed E-state index contributed by atoms with van der Waals surface area (Å²) in [6.45, 7) is 4.39. The molecule has 0 atom stereocenters. The van der Waals surface area contributed by atoms with E-state index in [4.69, 9.17) is 4.74 Å². The van der Waals surface area contributed by atoms with Crippen LogP contribution in [0.1, 0.15) is 41.8 Å². The molecule has 0 aliphatic carbocycles. The third-order valence-corrected chi connectivity index (χ3v) is 4.07. The molecule has 0 radical (unpaired) electrons. The molecule has 1 aromatic heterocycles. The van der Waals surface area contributed by atoms with Crippen LogP contribution in [0.3, 0.4) is 0 Å². The largest absolute Gasteiger partial charge is 0.370 e. The van der Waals surface area contributed by atoms with Crippen LogP contribution < -0.4 is 5.56 Å². The lowest BCUT2D eigenvalue weighted by Crippen LogP contribution is -2.35. The number of nitrogens with one attached hydrogen (secondary N) is 1. The van der Waals surface area contributed by atoms with Gasteiger partial charge < -0.3 is 9.72 Å². The Morgan fingerprint density at radius 3 is 2.68 bits per heavy atom. The average molecular weight is 294 g/mol. The molecule has 4 heteroatoms. The van der Waals surface area contributed by atoms with E-state index in [1.807, 2.05) is 44.2 Å². The normalized spacial score (nSPS) is 15.9. The van der Waals surface area contributed by atoms with Crippen molar-refractivity contribution < 1.29 is 4.74 Å². The van der Waals surface area contributed by atoms with E-state index in [1.165, 1.54) is 0 Å². The summed E-state index contributed by atoms with van der Waals surface area (Å²) in [5.74, 6) is 0.